The lowest BCUT2D eigenvalue weighted by Gasteiger charge is -2.26. The molecule has 136 valence electrons. The molecule has 2 rings (SSSR count). The second-order valence-electron chi connectivity index (χ2n) is 6.73. The minimum Gasteiger partial charge on any atom is -0.373 e. The molecule has 1 aromatic carbocycles. The Bertz CT molecular complexity index is 520. The molecule has 1 aliphatic rings. The van der Waals surface area contributed by atoms with Crippen LogP contribution in [0.1, 0.15) is 63.2 Å². The van der Waals surface area contributed by atoms with E-state index in [-0.39, 0.29) is 24.4 Å². The highest BCUT2D eigenvalue weighted by molar-refractivity contribution is 5.85. The summed E-state index contributed by atoms with van der Waals surface area (Å²) in [5.41, 5.74) is 7.99. The quantitative estimate of drug-likeness (QED) is 0.702. The van der Waals surface area contributed by atoms with Gasteiger partial charge in [0, 0.05) is 13.2 Å². The summed E-state index contributed by atoms with van der Waals surface area (Å²) < 4.78 is 6.04. The molecule has 4 nitrogen and oxygen atoms in total. The molecule has 0 heterocycles. The van der Waals surface area contributed by atoms with Crippen LogP contribution >= 0.6 is 12.4 Å². The van der Waals surface area contributed by atoms with Gasteiger partial charge in [-0.3, -0.25) is 4.79 Å². The van der Waals surface area contributed by atoms with Crippen molar-refractivity contribution < 1.29 is 9.53 Å². The Labute approximate surface area is 151 Å². The van der Waals surface area contributed by atoms with Crippen molar-refractivity contribution in [2.75, 3.05) is 13.2 Å². The molecule has 0 saturated heterocycles. The van der Waals surface area contributed by atoms with E-state index >= 15 is 0 Å². The molecule has 0 spiro atoms. The number of nitrogens with one attached hydrogen (secondary N) is 1. The number of carbonyl (C=O) groups is 1. The average Bonchev–Trinajstić information content (AvgIpc) is 2.54. The van der Waals surface area contributed by atoms with E-state index in [1.54, 1.807) is 6.92 Å². The van der Waals surface area contributed by atoms with Crippen molar-refractivity contribution in [2.24, 2.45) is 5.73 Å². The lowest BCUT2D eigenvalue weighted by Crippen LogP contribution is -2.51. The molecule has 0 aliphatic heterocycles. The van der Waals surface area contributed by atoms with E-state index in [0.29, 0.717) is 19.6 Å². The number of carbonyl (C=O) groups excluding carboxylic acids is 1. The van der Waals surface area contributed by atoms with Gasteiger partial charge in [0.1, 0.15) is 0 Å². The van der Waals surface area contributed by atoms with E-state index in [0.717, 1.165) is 25.7 Å². The van der Waals surface area contributed by atoms with Gasteiger partial charge in [-0.1, -0.05) is 37.6 Å². The number of ether oxygens (including phenoxy) is 1. The molecular formula is C19H31ClN2O2. The summed E-state index contributed by atoms with van der Waals surface area (Å²) in [6, 6.07) is 8.54. The van der Waals surface area contributed by atoms with Crippen molar-refractivity contribution >= 4 is 18.3 Å². The van der Waals surface area contributed by atoms with E-state index in [2.05, 4.69) is 29.6 Å². The Hall–Kier alpha value is -1.10. The number of hydrogen-bond donors (Lipinski definition) is 2. The summed E-state index contributed by atoms with van der Waals surface area (Å²) in [5.74, 6) is -0.0673. The summed E-state index contributed by atoms with van der Waals surface area (Å²) in [6.07, 6.45) is 6.04. The minimum absolute atomic E-state index is 0. The Kier molecular flexibility index (Phi) is 8.74. The predicted octanol–water partition coefficient (Wildman–Crippen LogP) is 3.53. The molecule has 0 bridgehead atoms. The van der Waals surface area contributed by atoms with Gasteiger partial charge in [-0.25, -0.2) is 0 Å². The summed E-state index contributed by atoms with van der Waals surface area (Å²) in [7, 11) is 0. The number of rotatable bonds is 8. The highest BCUT2D eigenvalue weighted by Gasteiger charge is 2.26. The van der Waals surface area contributed by atoms with Crippen LogP contribution in [-0.4, -0.2) is 24.6 Å². The lowest BCUT2D eigenvalue weighted by atomic mass is 9.89. The Morgan fingerprint density at radius 3 is 2.92 bits per heavy atom. The highest BCUT2D eigenvalue weighted by Crippen LogP contribution is 2.32. The van der Waals surface area contributed by atoms with Crippen LogP contribution in [0, 0.1) is 0 Å². The standard InChI is InChI=1S/C19H30N2O2.ClH/c1-3-12-19(2,20)18(22)21-13-7-14-23-17-11-6-9-15-8-4-5-10-16(15)17;/h4-5,8,10,17H,3,6-7,9,11-14,20H2,1-2H3,(H,21,22);1H. The molecule has 1 aliphatic carbocycles. The second-order valence-corrected chi connectivity index (χ2v) is 6.73. The van der Waals surface area contributed by atoms with Crippen molar-refractivity contribution in [3.63, 3.8) is 0 Å². The minimum atomic E-state index is -0.766. The van der Waals surface area contributed by atoms with Gasteiger partial charge in [-0.15, -0.1) is 12.4 Å². The number of halogens is 1. The van der Waals surface area contributed by atoms with E-state index < -0.39 is 5.54 Å². The lowest BCUT2D eigenvalue weighted by molar-refractivity contribution is -0.126. The summed E-state index contributed by atoms with van der Waals surface area (Å²) in [6.45, 7) is 5.10. The summed E-state index contributed by atoms with van der Waals surface area (Å²) in [4.78, 5) is 12.0. The molecule has 0 fully saturated rings. The smallest absolute Gasteiger partial charge is 0.239 e. The second kappa shape index (κ2) is 10.0. The van der Waals surface area contributed by atoms with Gasteiger partial charge < -0.3 is 15.8 Å². The SMILES string of the molecule is CCCC(C)(N)C(=O)NCCCOC1CCCc2ccccc21.Cl. The van der Waals surface area contributed by atoms with Gasteiger partial charge >= 0.3 is 0 Å². The van der Waals surface area contributed by atoms with Crippen molar-refractivity contribution in [2.45, 2.75) is 64.0 Å². The summed E-state index contributed by atoms with van der Waals surface area (Å²) >= 11 is 0. The van der Waals surface area contributed by atoms with Crippen LogP contribution in [-0.2, 0) is 16.0 Å². The van der Waals surface area contributed by atoms with Crippen molar-refractivity contribution in [1.82, 2.24) is 5.32 Å². The number of hydrogen-bond acceptors (Lipinski definition) is 3. The number of amides is 1. The topological polar surface area (TPSA) is 64.4 Å². The normalized spacial score (nSPS) is 18.9. The number of benzene rings is 1. The first-order valence-corrected chi connectivity index (χ1v) is 8.81. The van der Waals surface area contributed by atoms with Crippen LogP contribution in [0.5, 0.6) is 0 Å². The van der Waals surface area contributed by atoms with Gasteiger partial charge in [-0.05, 0) is 50.2 Å². The van der Waals surface area contributed by atoms with Crippen molar-refractivity contribution in [3.8, 4) is 0 Å². The number of fused-ring (bicyclic) bond motifs is 1. The first-order chi connectivity index (χ1) is 11.0. The van der Waals surface area contributed by atoms with Gasteiger partial charge in [0.25, 0.3) is 0 Å². The molecule has 1 amide bonds. The third-order valence-electron chi connectivity index (χ3n) is 4.53. The molecular weight excluding hydrogens is 324 g/mol. The first-order valence-electron chi connectivity index (χ1n) is 8.81. The maximum absolute atomic E-state index is 12.0. The van der Waals surface area contributed by atoms with Crippen molar-refractivity contribution in [3.05, 3.63) is 35.4 Å². The predicted molar refractivity (Wildman–Crippen MR) is 100 cm³/mol. The molecule has 5 heteroatoms. The molecule has 1 aromatic rings. The molecule has 24 heavy (non-hydrogen) atoms. The third-order valence-corrected chi connectivity index (χ3v) is 4.53. The molecule has 0 saturated carbocycles. The zero-order valence-corrected chi connectivity index (χ0v) is 15.7. The Morgan fingerprint density at radius 2 is 2.17 bits per heavy atom. The zero-order valence-electron chi connectivity index (χ0n) is 14.8. The molecule has 2 unspecified atom stereocenters. The first kappa shape index (κ1) is 20.9. The van der Waals surface area contributed by atoms with Gasteiger partial charge in [-0.2, -0.15) is 0 Å². The Balaban J connectivity index is 0.00000288. The zero-order chi connectivity index (χ0) is 16.7. The molecule has 2 atom stereocenters. The molecule has 3 N–H and O–H groups in total. The van der Waals surface area contributed by atoms with E-state index in [4.69, 9.17) is 10.5 Å². The van der Waals surface area contributed by atoms with Gasteiger partial charge in [0.05, 0.1) is 11.6 Å². The maximum atomic E-state index is 12.0. The van der Waals surface area contributed by atoms with Crippen LogP contribution in [0.3, 0.4) is 0 Å². The average molecular weight is 355 g/mol. The fraction of sp³-hybridized carbons (Fsp3) is 0.632. The largest absolute Gasteiger partial charge is 0.373 e. The van der Waals surface area contributed by atoms with Crippen LogP contribution in [0.25, 0.3) is 0 Å². The van der Waals surface area contributed by atoms with Crippen molar-refractivity contribution in [1.29, 1.82) is 0 Å². The monoisotopic (exact) mass is 354 g/mol. The Morgan fingerprint density at radius 1 is 1.42 bits per heavy atom. The van der Waals surface area contributed by atoms with Crippen LogP contribution in [0.2, 0.25) is 0 Å². The van der Waals surface area contributed by atoms with Crippen LogP contribution in [0.15, 0.2) is 24.3 Å². The van der Waals surface area contributed by atoms with Gasteiger partial charge in [0.15, 0.2) is 0 Å². The van der Waals surface area contributed by atoms with Crippen LogP contribution < -0.4 is 11.1 Å². The number of nitrogens with two attached hydrogens (primary N) is 1. The van der Waals surface area contributed by atoms with E-state index in [1.165, 1.54) is 17.5 Å². The van der Waals surface area contributed by atoms with Gasteiger partial charge in [0.2, 0.25) is 5.91 Å². The highest BCUT2D eigenvalue weighted by atomic mass is 35.5. The fourth-order valence-electron chi connectivity index (χ4n) is 3.22. The fourth-order valence-corrected chi connectivity index (χ4v) is 3.22. The number of aryl methyl sites for hydroxylation is 1. The summed E-state index contributed by atoms with van der Waals surface area (Å²) in [5, 5.41) is 2.92. The van der Waals surface area contributed by atoms with E-state index in [9.17, 15) is 4.79 Å². The molecule has 0 aromatic heterocycles. The maximum Gasteiger partial charge on any atom is 0.239 e. The molecule has 0 radical (unpaired) electrons. The van der Waals surface area contributed by atoms with Crippen LogP contribution in [0.4, 0.5) is 0 Å². The van der Waals surface area contributed by atoms with E-state index in [1.807, 2.05) is 6.92 Å². The third kappa shape index (κ3) is 5.76.